The SMILES string of the molecule is Cc1ccc(NC(=O)c2cc([N+](=O)[O-])cc([N+](=O)[O-])c2Cl)c(C)c1. The lowest BCUT2D eigenvalue weighted by molar-refractivity contribution is -0.394. The lowest BCUT2D eigenvalue weighted by Crippen LogP contribution is -2.14. The third-order valence-corrected chi connectivity index (χ3v) is 3.72. The largest absolute Gasteiger partial charge is 0.322 e. The molecule has 0 saturated heterocycles. The van der Waals surface area contributed by atoms with Gasteiger partial charge in [-0.3, -0.25) is 25.0 Å². The van der Waals surface area contributed by atoms with Crippen molar-refractivity contribution in [3.63, 3.8) is 0 Å². The highest BCUT2D eigenvalue weighted by Crippen LogP contribution is 2.33. The monoisotopic (exact) mass is 349 g/mol. The van der Waals surface area contributed by atoms with Gasteiger partial charge in [-0.25, -0.2) is 0 Å². The number of hydrogen-bond donors (Lipinski definition) is 1. The fourth-order valence-corrected chi connectivity index (χ4v) is 2.41. The Kier molecular flexibility index (Phi) is 4.79. The van der Waals surface area contributed by atoms with Crippen molar-refractivity contribution in [3.8, 4) is 0 Å². The van der Waals surface area contributed by atoms with E-state index in [0.29, 0.717) is 5.69 Å². The summed E-state index contributed by atoms with van der Waals surface area (Å²) in [6.45, 7) is 3.67. The number of nitrogens with zero attached hydrogens (tertiary/aromatic N) is 2. The van der Waals surface area contributed by atoms with Crippen LogP contribution in [0, 0.1) is 34.1 Å². The standard InChI is InChI=1S/C15H12ClN3O5/c1-8-3-4-12(9(2)5-8)17-15(20)11-6-10(18(21)22)7-13(14(11)16)19(23)24/h3-7H,1-2H3,(H,17,20). The lowest BCUT2D eigenvalue weighted by Gasteiger charge is -2.10. The summed E-state index contributed by atoms with van der Waals surface area (Å²) in [5, 5.41) is 24.0. The van der Waals surface area contributed by atoms with Crippen LogP contribution in [0.1, 0.15) is 21.5 Å². The van der Waals surface area contributed by atoms with Gasteiger partial charge in [0.15, 0.2) is 0 Å². The normalized spacial score (nSPS) is 10.3. The maximum atomic E-state index is 12.4. The highest BCUT2D eigenvalue weighted by molar-refractivity contribution is 6.36. The number of nitro groups is 2. The molecule has 0 bridgehead atoms. The van der Waals surface area contributed by atoms with Crippen LogP contribution in [0.25, 0.3) is 0 Å². The smallest absolute Gasteiger partial charge is 0.295 e. The maximum Gasteiger partial charge on any atom is 0.295 e. The van der Waals surface area contributed by atoms with Crippen LogP contribution in [0.4, 0.5) is 17.1 Å². The van der Waals surface area contributed by atoms with E-state index in [4.69, 9.17) is 11.6 Å². The minimum atomic E-state index is -0.872. The molecule has 0 heterocycles. The molecular formula is C15H12ClN3O5. The van der Waals surface area contributed by atoms with E-state index in [1.165, 1.54) is 0 Å². The van der Waals surface area contributed by atoms with Crippen molar-refractivity contribution < 1.29 is 14.6 Å². The summed E-state index contributed by atoms with van der Waals surface area (Å²) in [7, 11) is 0. The van der Waals surface area contributed by atoms with Gasteiger partial charge in [-0.1, -0.05) is 29.3 Å². The van der Waals surface area contributed by atoms with E-state index in [0.717, 1.165) is 23.3 Å². The summed E-state index contributed by atoms with van der Waals surface area (Å²) < 4.78 is 0. The highest BCUT2D eigenvalue weighted by atomic mass is 35.5. The van der Waals surface area contributed by atoms with Crippen LogP contribution in [0.5, 0.6) is 0 Å². The number of carbonyl (C=O) groups is 1. The van der Waals surface area contributed by atoms with Crippen LogP contribution >= 0.6 is 11.6 Å². The van der Waals surface area contributed by atoms with Crippen molar-refractivity contribution in [2.45, 2.75) is 13.8 Å². The predicted molar refractivity (Wildman–Crippen MR) is 88.6 cm³/mol. The summed E-state index contributed by atoms with van der Waals surface area (Å²) in [6.07, 6.45) is 0. The van der Waals surface area contributed by atoms with E-state index in [1.54, 1.807) is 19.1 Å². The number of amides is 1. The zero-order valence-corrected chi connectivity index (χ0v) is 13.5. The van der Waals surface area contributed by atoms with Gasteiger partial charge in [-0.05, 0) is 25.5 Å². The fraction of sp³-hybridized carbons (Fsp3) is 0.133. The lowest BCUT2D eigenvalue weighted by atomic mass is 10.1. The molecule has 0 radical (unpaired) electrons. The van der Waals surface area contributed by atoms with E-state index in [1.807, 2.05) is 13.0 Å². The van der Waals surface area contributed by atoms with Crippen LogP contribution in [-0.2, 0) is 0 Å². The van der Waals surface area contributed by atoms with Gasteiger partial charge >= 0.3 is 0 Å². The summed E-state index contributed by atoms with van der Waals surface area (Å²) in [5.74, 6) is -0.765. The van der Waals surface area contributed by atoms with Crippen LogP contribution in [0.3, 0.4) is 0 Å². The number of aryl methyl sites for hydroxylation is 2. The van der Waals surface area contributed by atoms with E-state index >= 15 is 0 Å². The zero-order chi connectivity index (χ0) is 18.0. The van der Waals surface area contributed by atoms with Crippen molar-refractivity contribution in [2.24, 2.45) is 0 Å². The topological polar surface area (TPSA) is 115 Å². The number of non-ortho nitro benzene ring substituents is 1. The Morgan fingerprint density at radius 1 is 1.08 bits per heavy atom. The number of hydrogen-bond acceptors (Lipinski definition) is 5. The van der Waals surface area contributed by atoms with Gasteiger partial charge in [-0.2, -0.15) is 0 Å². The van der Waals surface area contributed by atoms with E-state index in [-0.39, 0.29) is 5.56 Å². The number of carbonyl (C=O) groups excluding carboxylic acids is 1. The summed E-state index contributed by atoms with van der Waals surface area (Å²) >= 11 is 5.88. The first kappa shape index (κ1) is 17.4. The second-order valence-electron chi connectivity index (χ2n) is 5.11. The first-order chi connectivity index (χ1) is 11.2. The molecular weight excluding hydrogens is 338 g/mol. The molecule has 0 aromatic heterocycles. The molecule has 24 heavy (non-hydrogen) atoms. The van der Waals surface area contributed by atoms with Crippen molar-refractivity contribution in [3.05, 3.63) is 72.3 Å². The van der Waals surface area contributed by atoms with Gasteiger partial charge in [-0.15, -0.1) is 0 Å². The van der Waals surface area contributed by atoms with Crippen LogP contribution < -0.4 is 5.32 Å². The van der Waals surface area contributed by atoms with Crippen molar-refractivity contribution in [2.75, 3.05) is 5.32 Å². The van der Waals surface area contributed by atoms with Gasteiger partial charge in [0.25, 0.3) is 17.3 Å². The predicted octanol–water partition coefficient (Wildman–Crippen LogP) is 4.03. The first-order valence-corrected chi connectivity index (χ1v) is 7.09. The molecule has 0 saturated carbocycles. The molecule has 9 heteroatoms. The maximum absolute atomic E-state index is 12.4. The Balaban J connectivity index is 2.48. The highest BCUT2D eigenvalue weighted by Gasteiger charge is 2.26. The number of rotatable bonds is 4. The Morgan fingerprint density at radius 2 is 1.75 bits per heavy atom. The molecule has 124 valence electrons. The van der Waals surface area contributed by atoms with E-state index in [2.05, 4.69) is 5.32 Å². The molecule has 8 nitrogen and oxygen atoms in total. The Bertz CT molecular complexity index is 866. The number of anilines is 1. The van der Waals surface area contributed by atoms with E-state index in [9.17, 15) is 25.0 Å². The van der Waals surface area contributed by atoms with Crippen molar-refractivity contribution in [1.29, 1.82) is 0 Å². The first-order valence-electron chi connectivity index (χ1n) is 6.71. The minimum Gasteiger partial charge on any atom is -0.322 e. The average Bonchev–Trinajstić information content (AvgIpc) is 2.49. The zero-order valence-electron chi connectivity index (χ0n) is 12.7. The molecule has 2 aromatic carbocycles. The molecule has 1 N–H and O–H groups in total. The second-order valence-corrected chi connectivity index (χ2v) is 5.49. The van der Waals surface area contributed by atoms with Gasteiger partial charge in [0.1, 0.15) is 5.02 Å². The summed E-state index contributed by atoms with van der Waals surface area (Å²) in [5.41, 5.74) is 0.635. The van der Waals surface area contributed by atoms with Gasteiger partial charge in [0.05, 0.1) is 21.5 Å². The van der Waals surface area contributed by atoms with Gasteiger partial charge < -0.3 is 5.32 Å². The molecule has 1 amide bonds. The average molecular weight is 350 g/mol. The quantitative estimate of drug-likeness (QED) is 0.660. The summed E-state index contributed by atoms with van der Waals surface area (Å²) in [4.78, 5) is 32.6. The Hall–Kier alpha value is -3.00. The van der Waals surface area contributed by atoms with E-state index < -0.39 is 32.2 Å². The molecule has 2 rings (SSSR count). The van der Waals surface area contributed by atoms with Crippen LogP contribution in [-0.4, -0.2) is 15.8 Å². The third kappa shape index (κ3) is 3.49. The molecule has 0 aliphatic heterocycles. The molecule has 2 aromatic rings. The molecule has 0 aliphatic carbocycles. The van der Waals surface area contributed by atoms with Gasteiger partial charge in [0, 0.05) is 11.8 Å². The number of halogens is 1. The molecule has 0 spiro atoms. The van der Waals surface area contributed by atoms with Crippen LogP contribution in [0.2, 0.25) is 5.02 Å². The Morgan fingerprint density at radius 3 is 2.29 bits per heavy atom. The minimum absolute atomic E-state index is 0.336. The number of benzene rings is 2. The number of nitro benzene ring substituents is 2. The Labute approximate surface area is 141 Å². The fourth-order valence-electron chi connectivity index (χ4n) is 2.14. The molecule has 0 unspecified atom stereocenters. The molecule has 0 fully saturated rings. The summed E-state index contributed by atoms with van der Waals surface area (Å²) in [6, 6.07) is 6.92. The van der Waals surface area contributed by atoms with Crippen LogP contribution in [0.15, 0.2) is 30.3 Å². The molecule has 0 aliphatic rings. The van der Waals surface area contributed by atoms with Gasteiger partial charge in [0.2, 0.25) is 0 Å². The number of nitrogens with one attached hydrogen (secondary N) is 1. The third-order valence-electron chi connectivity index (χ3n) is 3.32. The molecule has 0 atom stereocenters. The second kappa shape index (κ2) is 6.63. The van der Waals surface area contributed by atoms with Crippen molar-refractivity contribution >= 4 is 34.6 Å². The van der Waals surface area contributed by atoms with Crippen molar-refractivity contribution in [1.82, 2.24) is 0 Å².